The van der Waals surface area contributed by atoms with Crippen molar-refractivity contribution >= 4 is 11.5 Å². The molecule has 2 nitrogen and oxygen atoms in total. The summed E-state index contributed by atoms with van der Waals surface area (Å²) in [4.78, 5) is 1.06. The average Bonchev–Trinajstić information content (AvgIpc) is 2.64. The Morgan fingerprint density at radius 1 is 1.43 bits per heavy atom. The van der Waals surface area contributed by atoms with Gasteiger partial charge in [0, 0.05) is 0 Å². The molecule has 0 amide bonds. The molecule has 2 saturated carbocycles. The Labute approximate surface area is 88.1 Å². The first-order valence-electron chi connectivity index (χ1n) is 5.35. The first-order chi connectivity index (χ1) is 6.74. The van der Waals surface area contributed by atoms with E-state index >= 15 is 0 Å². The van der Waals surface area contributed by atoms with E-state index in [1.807, 2.05) is 13.0 Å². The standard InChI is InChI=1S/C11H15NOS/c1-6-2-10(14-12-6)11(13)9-4-7-3-8(7)5-9/h2,7-9,11,13H,3-5H2,1H3. The fraction of sp³-hybridized carbons (Fsp3) is 0.727. The van der Waals surface area contributed by atoms with Crippen LogP contribution < -0.4 is 0 Å². The van der Waals surface area contributed by atoms with E-state index in [1.54, 1.807) is 0 Å². The van der Waals surface area contributed by atoms with Crippen molar-refractivity contribution < 1.29 is 5.11 Å². The molecule has 3 atom stereocenters. The number of hydrogen-bond donors (Lipinski definition) is 1. The van der Waals surface area contributed by atoms with Gasteiger partial charge in [0.1, 0.15) is 0 Å². The molecule has 1 aromatic heterocycles. The number of rotatable bonds is 2. The maximum Gasteiger partial charge on any atom is 0.0926 e. The summed E-state index contributed by atoms with van der Waals surface area (Å²) in [6, 6.07) is 2.03. The minimum absolute atomic E-state index is 0.242. The van der Waals surface area contributed by atoms with E-state index in [0.717, 1.165) is 22.4 Å². The summed E-state index contributed by atoms with van der Waals surface area (Å²) >= 11 is 1.46. The van der Waals surface area contributed by atoms with Gasteiger partial charge in [0.25, 0.3) is 0 Å². The third kappa shape index (κ3) is 1.39. The molecule has 1 aromatic rings. The Morgan fingerprint density at radius 3 is 2.71 bits per heavy atom. The van der Waals surface area contributed by atoms with Gasteiger partial charge in [0.15, 0.2) is 0 Å². The molecule has 0 radical (unpaired) electrons. The van der Waals surface area contributed by atoms with Gasteiger partial charge in [0.05, 0.1) is 16.7 Å². The lowest BCUT2D eigenvalue weighted by molar-refractivity contribution is 0.108. The van der Waals surface area contributed by atoms with Crippen molar-refractivity contribution in [2.75, 3.05) is 0 Å². The lowest BCUT2D eigenvalue weighted by atomic mass is 9.96. The summed E-state index contributed by atoms with van der Waals surface area (Å²) < 4.78 is 4.22. The van der Waals surface area contributed by atoms with Crippen LogP contribution in [0.25, 0.3) is 0 Å². The van der Waals surface area contributed by atoms with E-state index in [9.17, 15) is 5.11 Å². The average molecular weight is 209 g/mol. The quantitative estimate of drug-likeness (QED) is 0.812. The zero-order valence-electron chi connectivity index (χ0n) is 8.31. The smallest absolute Gasteiger partial charge is 0.0926 e. The largest absolute Gasteiger partial charge is 0.387 e. The third-order valence-electron chi connectivity index (χ3n) is 3.66. The molecule has 14 heavy (non-hydrogen) atoms. The topological polar surface area (TPSA) is 33.1 Å². The van der Waals surface area contributed by atoms with Gasteiger partial charge < -0.3 is 5.11 Å². The predicted molar refractivity (Wildman–Crippen MR) is 56.1 cm³/mol. The Morgan fingerprint density at radius 2 is 2.14 bits per heavy atom. The zero-order chi connectivity index (χ0) is 9.71. The first-order valence-corrected chi connectivity index (χ1v) is 6.12. The highest BCUT2D eigenvalue weighted by molar-refractivity contribution is 7.05. The highest BCUT2D eigenvalue weighted by Gasteiger charge is 2.48. The molecular weight excluding hydrogens is 194 g/mol. The third-order valence-corrected chi connectivity index (χ3v) is 4.61. The molecule has 76 valence electrons. The number of aliphatic hydroxyl groups excluding tert-OH is 1. The van der Waals surface area contributed by atoms with E-state index in [-0.39, 0.29) is 6.10 Å². The van der Waals surface area contributed by atoms with Crippen LogP contribution in [0.2, 0.25) is 0 Å². The Kier molecular flexibility index (Phi) is 1.92. The maximum atomic E-state index is 10.1. The highest BCUT2D eigenvalue weighted by Crippen LogP contribution is 2.57. The molecule has 1 heterocycles. The highest BCUT2D eigenvalue weighted by atomic mass is 32.1. The SMILES string of the molecule is Cc1cc(C(O)C2CC3CC3C2)sn1. The van der Waals surface area contributed by atoms with E-state index in [1.165, 1.54) is 30.8 Å². The molecule has 2 aliphatic carbocycles. The fourth-order valence-electron chi connectivity index (χ4n) is 2.77. The monoisotopic (exact) mass is 209 g/mol. The van der Waals surface area contributed by atoms with Crippen molar-refractivity contribution in [2.45, 2.75) is 32.3 Å². The van der Waals surface area contributed by atoms with Gasteiger partial charge in [-0.3, -0.25) is 0 Å². The van der Waals surface area contributed by atoms with Crippen LogP contribution in [0.1, 0.15) is 35.9 Å². The van der Waals surface area contributed by atoms with E-state index < -0.39 is 0 Å². The number of aryl methyl sites for hydroxylation is 1. The van der Waals surface area contributed by atoms with Crippen molar-refractivity contribution in [3.8, 4) is 0 Å². The zero-order valence-corrected chi connectivity index (χ0v) is 9.13. The molecule has 1 N–H and O–H groups in total. The van der Waals surface area contributed by atoms with Crippen LogP contribution in [0.4, 0.5) is 0 Å². The van der Waals surface area contributed by atoms with Crippen LogP contribution in [0.5, 0.6) is 0 Å². The fourth-order valence-corrected chi connectivity index (χ4v) is 3.60. The van der Waals surface area contributed by atoms with Crippen LogP contribution in [0.3, 0.4) is 0 Å². The second kappa shape index (κ2) is 3.04. The van der Waals surface area contributed by atoms with Gasteiger partial charge in [-0.2, -0.15) is 4.37 Å². The lowest BCUT2D eigenvalue weighted by Gasteiger charge is -2.17. The summed E-state index contributed by atoms with van der Waals surface area (Å²) in [6.45, 7) is 1.98. The maximum absolute atomic E-state index is 10.1. The summed E-state index contributed by atoms with van der Waals surface area (Å²) in [5.74, 6) is 2.41. The molecule has 3 unspecified atom stereocenters. The van der Waals surface area contributed by atoms with Crippen LogP contribution in [0, 0.1) is 24.7 Å². The molecule has 2 aliphatic rings. The van der Waals surface area contributed by atoms with Gasteiger partial charge in [-0.05, 0) is 61.5 Å². The van der Waals surface area contributed by atoms with Crippen LogP contribution in [-0.4, -0.2) is 9.48 Å². The Bertz CT molecular complexity index is 339. The number of nitrogens with zero attached hydrogens (tertiary/aromatic N) is 1. The van der Waals surface area contributed by atoms with Crippen molar-refractivity contribution in [1.82, 2.24) is 4.37 Å². The van der Waals surface area contributed by atoms with Crippen LogP contribution in [0.15, 0.2) is 6.07 Å². The molecule has 3 heteroatoms. The lowest BCUT2D eigenvalue weighted by Crippen LogP contribution is -2.09. The molecule has 0 spiro atoms. The molecule has 0 saturated heterocycles. The second-order valence-electron chi connectivity index (χ2n) is 4.80. The van der Waals surface area contributed by atoms with E-state index in [4.69, 9.17) is 0 Å². The Hall–Kier alpha value is -0.410. The van der Waals surface area contributed by atoms with Crippen molar-refractivity contribution in [1.29, 1.82) is 0 Å². The summed E-state index contributed by atoms with van der Waals surface area (Å²) in [6.07, 6.45) is 3.66. The minimum Gasteiger partial charge on any atom is -0.387 e. The van der Waals surface area contributed by atoms with Gasteiger partial charge >= 0.3 is 0 Å². The molecule has 0 bridgehead atoms. The normalized spacial score (nSPS) is 36.9. The molecule has 0 aliphatic heterocycles. The van der Waals surface area contributed by atoms with Crippen molar-refractivity contribution in [3.63, 3.8) is 0 Å². The van der Waals surface area contributed by atoms with Crippen molar-refractivity contribution in [2.24, 2.45) is 17.8 Å². The second-order valence-corrected chi connectivity index (χ2v) is 5.64. The van der Waals surface area contributed by atoms with E-state index in [0.29, 0.717) is 5.92 Å². The van der Waals surface area contributed by atoms with Crippen molar-refractivity contribution in [3.05, 3.63) is 16.6 Å². The predicted octanol–water partition coefficient (Wildman–Crippen LogP) is 2.53. The summed E-state index contributed by atoms with van der Waals surface area (Å²) in [5.41, 5.74) is 1.03. The number of aliphatic hydroxyl groups is 1. The molecular formula is C11H15NOS. The van der Waals surface area contributed by atoms with Gasteiger partial charge in [0.2, 0.25) is 0 Å². The van der Waals surface area contributed by atoms with Gasteiger partial charge in [-0.25, -0.2) is 0 Å². The number of hydrogen-bond acceptors (Lipinski definition) is 3. The number of fused-ring (bicyclic) bond motifs is 1. The number of aromatic nitrogens is 1. The molecule has 0 aromatic carbocycles. The van der Waals surface area contributed by atoms with E-state index in [2.05, 4.69) is 4.37 Å². The first kappa shape index (κ1) is 8.86. The van der Waals surface area contributed by atoms with Crippen LogP contribution in [-0.2, 0) is 0 Å². The van der Waals surface area contributed by atoms with Crippen LogP contribution >= 0.6 is 11.5 Å². The van der Waals surface area contributed by atoms with Gasteiger partial charge in [-0.1, -0.05) is 0 Å². The minimum atomic E-state index is -0.242. The Balaban J connectivity index is 1.72. The summed E-state index contributed by atoms with van der Waals surface area (Å²) in [7, 11) is 0. The summed E-state index contributed by atoms with van der Waals surface area (Å²) in [5, 5.41) is 10.1. The molecule has 3 rings (SSSR count). The van der Waals surface area contributed by atoms with Gasteiger partial charge in [-0.15, -0.1) is 0 Å². The molecule has 2 fully saturated rings.